The Hall–Kier alpha value is -0.420. The molecule has 4 nitrogen and oxygen atoms in total. The molecule has 0 bridgehead atoms. The lowest BCUT2D eigenvalue weighted by Crippen LogP contribution is -2.49. The number of amides is 2. The maximum atomic E-state index is 11.9. The summed E-state index contributed by atoms with van der Waals surface area (Å²) in [5.41, 5.74) is -0.773. The van der Waals surface area contributed by atoms with Crippen LogP contribution in [0.25, 0.3) is 0 Å². The predicted molar refractivity (Wildman–Crippen MR) is 86.2 cm³/mol. The Morgan fingerprint density at radius 3 is 2.60 bits per heavy atom. The van der Waals surface area contributed by atoms with E-state index in [1.165, 1.54) is 12.8 Å². The monoisotopic (exact) mass is 302 g/mol. The van der Waals surface area contributed by atoms with Crippen LogP contribution in [0.15, 0.2) is 0 Å². The van der Waals surface area contributed by atoms with Gasteiger partial charge in [-0.15, -0.1) is 0 Å². The van der Waals surface area contributed by atoms with Crippen LogP contribution in [0, 0.1) is 0 Å². The fraction of sp³-hybridized carbons (Fsp3) is 0.933. The molecule has 2 amide bonds. The first-order valence-electron chi connectivity index (χ1n) is 7.91. The molecule has 1 saturated carbocycles. The van der Waals surface area contributed by atoms with Crippen LogP contribution >= 0.6 is 11.8 Å². The van der Waals surface area contributed by atoms with Gasteiger partial charge in [-0.3, -0.25) is 0 Å². The smallest absolute Gasteiger partial charge is 0.315 e. The highest BCUT2D eigenvalue weighted by Crippen LogP contribution is 2.28. The molecule has 0 radical (unpaired) electrons. The molecule has 0 aromatic rings. The summed E-state index contributed by atoms with van der Waals surface area (Å²) in [4.78, 5) is 11.9. The second-order valence-corrected chi connectivity index (χ2v) is 7.28. The fourth-order valence-corrected chi connectivity index (χ4v) is 3.82. The third-order valence-electron chi connectivity index (χ3n) is 4.26. The minimum absolute atomic E-state index is 0.141. The summed E-state index contributed by atoms with van der Waals surface area (Å²) < 4.78 is 0. The van der Waals surface area contributed by atoms with Gasteiger partial charge >= 0.3 is 6.03 Å². The topological polar surface area (TPSA) is 61.4 Å². The zero-order valence-corrected chi connectivity index (χ0v) is 13.9. The van der Waals surface area contributed by atoms with Gasteiger partial charge in [0.25, 0.3) is 0 Å². The Labute approximate surface area is 127 Å². The molecule has 5 heteroatoms. The second-order valence-electron chi connectivity index (χ2n) is 5.70. The lowest BCUT2D eigenvalue weighted by atomic mass is 9.95. The largest absolute Gasteiger partial charge is 0.388 e. The Balaban J connectivity index is 2.31. The molecule has 0 spiro atoms. The maximum absolute atomic E-state index is 11.9. The standard InChI is InChI=1S/C15H30N2O2S/c1-4-15(19,5-2)11-16-14(18)17-12-8-7-9-13(10-12)20-6-3/h12-13,19H,4-11H2,1-3H3,(H2,16,17,18). The number of carbonyl (C=O) groups excluding carboxylic acids is 1. The molecule has 0 aliphatic heterocycles. The highest BCUT2D eigenvalue weighted by atomic mass is 32.2. The molecule has 0 heterocycles. The van der Waals surface area contributed by atoms with Crippen LogP contribution in [0.5, 0.6) is 0 Å². The van der Waals surface area contributed by atoms with Gasteiger partial charge in [0.15, 0.2) is 0 Å². The molecule has 0 aromatic carbocycles. The van der Waals surface area contributed by atoms with Gasteiger partial charge in [-0.05, 0) is 37.9 Å². The minimum Gasteiger partial charge on any atom is -0.388 e. The fourth-order valence-electron chi connectivity index (χ4n) is 2.64. The van der Waals surface area contributed by atoms with Crippen molar-refractivity contribution in [3.8, 4) is 0 Å². The number of rotatable bonds is 7. The molecule has 2 unspecified atom stereocenters. The summed E-state index contributed by atoms with van der Waals surface area (Å²) >= 11 is 2.00. The number of thioether (sulfide) groups is 1. The lowest BCUT2D eigenvalue weighted by molar-refractivity contribution is 0.0348. The number of hydrogen-bond donors (Lipinski definition) is 3. The first-order valence-corrected chi connectivity index (χ1v) is 8.96. The Kier molecular flexibility index (Phi) is 7.74. The van der Waals surface area contributed by atoms with E-state index in [0.717, 1.165) is 18.6 Å². The molecule has 1 aliphatic rings. The SMILES string of the molecule is CCSC1CCCC(NC(=O)NCC(O)(CC)CC)C1. The van der Waals surface area contributed by atoms with Crippen LogP contribution < -0.4 is 10.6 Å². The van der Waals surface area contributed by atoms with Crippen LogP contribution in [0.2, 0.25) is 0 Å². The summed E-state index contributed by atoms with van der Waals surface area (Å²) in [7, 11) is 0. The number of carbonyl (C=O) groups is 1. The average molecular weight is 302 g/mol. The highest BCUT2D eigenvalue weighted by molar-refractivity contribution is 7.99. The quantitative estimate of drug-likeness (QED) is 0.677. The Morgan fingerprint density at radius 2 is 2.00 bits per heavy atom. The molecule has 3 N–H and O–H groups in total. The van der Waals surface area contributed by atoms with Crippen molar-refractivity contribution in [1.82, 2.24) is 10.6 Å². The number of nitrogens with one attached hydrogen (secondary N) is 2. The number of aliphatic hydroxyl groups is 1. The number of hydrogen-bond acceptors (Lipinski definition) is 3. The molecule has 20 heavy (non-hydrogen) atoms. The molecule has 1 aliphatic carbocycles. The molecular weight excluding hydrogens is 272 g/mol. The molecule has 1 fully saturated rings. The first-order chi connectivity index (χ1) is 9.53. The Bertz CT molecular complexity index is 294. The Morgan fingerprint density at radius 1 is 1.30 bits per heavy atom. The minimum atomic E-state index is -0.773. The third kappa shape index (κ3) is 5.92. The molecule has 1 rings (SSSR count). The second kappa shape index (κ2) is 8.78. The van der Waals surface area contributed by atoms with Gasteiger partial charge in [0.1, 0.15) is 0 Å². The number of urea groups is 1. The summed E-state index contributed by atoms with van der Waals surface area (Å²) in [5, 5.41) is 16.7. The summed E-state index contributed by atoms with van der Waals surface area (Å²) in [6.07, 6.45) is 5.91. The zero-order valence-electron chi connectivity index (χ0n) is 13.1. The van der Waals surface area contributed by atoms with Crippen molar-refractivity contribution in [2.45, 2.75) is 76.2 Å². The van der Waals surface area contributed by atoms with Gasteiger partial charge < -0.3 is 15.7 Å². The van der Waals surface area contributed by atoms with E-state index in [1.54, 1.807) is 0 Å². The average Bonchev–Trinajstić information content (AvgIpc) is 2.45. The lowest BCUT2D eigenvalue weighted by Gasteiger charge is -2.30. The van der Waals surface area contributed by atoms with E-state index in [1.807, 2.05) is 25.6 Å². The van der Waals surface area contributed by atoms with Crippen molar-refractivity contribution < 1.29 is 9.90 Å². The summed E-state index contributed by atoms with van der Waals surface area (Å²) in [6, 6.07) is 0.140. The molecular formula is C15H30N2O2S. The predicted octanol–water partition coefficient (Wildman–Crippen LogP) is 2.90. The van der Waals surface area contributed by atoms with E-state index in [2.05, 4.69) is 17.6 Å². The van der Waals surface area contributed by atoms with Crippen LogP contribution in [-0.4, -0.2) is 40.3 Å². The van der Waals surface area contributed by atoms with Crippen LogP contribution in [0.1, 0.15) is 59.3 Å². The van der Waals surface area contributed by atoms with Crippen LogP contribution in [0.4, 0.5) is 4.79 Å². The van der Waals surface area contributed by atoms with Gasteiger partial charge in [-0.2, -0.15) is 11.8 Å². The van der Waals surface area contributed by atoms with E-state index in [4.69, 9.17) is 0 Å². The van der Waals surface area contributed by atoms with Gasteiger partial charge in [0, 0.05) is 17.8 Å². The third-order valence-corrected chi connectivity index (χ3v) is 5.49. The van der Waals surface area contributed by atoms with Crippen molar-refractivity contribution in [1.29, 1.82) is 0 Å². The maximum Gasteiger partial charge on any atom is 0.315 e. The molecule has 0 aromatic heterocycles. The van der Waals surface area contributed by atoms with E-state index >= 15 is 0 Å². The van der Waals surface area contributed by atoms with E-state index in [9.17, 15) is 9.90 Å². The summed E-state index contributed by atoms with van der Waals surface area (Å²) in [5.74, 6) is 1.14. The van der Waals surface area contributed by atoms with Crippen molar-refractivity contribution >= 4 is 17.8 Å². The molecule has 118 valence electrons. The summed E-state index contributed by atoms with van der Waals surface area (Å²) in [6.45, 7) is 6.39. The molecule has 2 atom stereocenters. The van der Waals surface area contributed by atoms with Crippen molar-refractivity contribution in [2.24, 2.45) is 0 Å². The zero-order chi connectivity index (χ0) is 15.0. The van der Waals surface area contributed by atoms with Gasteiger partial charge in [0.05, 0.1) is 5.60 Å². The highest BCUT2D eigenvalue weighted by Gasteiger charge is 2.25. The van der Waals surface area contributed by atoms with E-state index in [-0.39, 0.29) is 12.1 Å². The van der Waals surface area contributed by atoms with Crippen molar-refractivity contribution in [2.75, 3.05) is 12.3 Å². The van der Waals surface area contributed by atoms with Gasteiger partial charge in [-0.25, -0.2) is 4.79 Å². The van der Waals surface area contributed by atoms with Crippen molar-refractivity contribution in [3.63, 3.8) is 0 Å². The van der Waals surface area contributed by atoms with Crippen LogP contribution in [0.3, 0.4) is 0 Å². The van der Waals surface area contributed by atoms with Crippen LogP contribution in [-0.2, 0) is 0 Å². The van der Waals surface area contributed by atoms with Gasteiger partial charge in [-0.1, -0.05) is 27.2 Å². The first kappa shape index (κ1) is 17.6. The molecule has 0 saturated heterocycles. The van der Waals surface area contributed by atoms with Crippen molar-refractivity contribution in [3.05, 3.63) is 0 Å². The van der Waals surface area contributed by atoms with E-state index in [0.29, 0.717) is 24.6 Å². The van der Waals surface area contributed by atoms with E-state index < -0.39 is 5.60 Å². The van der Waals surface area contributed by atoms with Gasteiger partial charge in [0.2, 0.25) is 0 Å². The normalized spacial score (nSPS) is 23.4.